The molecule has 4 N–H and O–H groups in total. The zero-order chi connectivity index (χ0) is 8.31. The van der Waals surface area contributed by atoms with Crippen molar-refractivity contribution in [1.82, 2.24) is 0 Å². The summed E-state index contributed by atoms with van der Waals surface area (Å²) in [6, 6.07) is 0. The van der Waals surface area contributed by atoms with Gasteiger partial charge in [0.2, 0.25) is 0 Å². The van der Waals surface area contributed by atoms with E-state index in [1.54, 1.807) is 0 Å². The molecule has 6 nitrogen and oxygen atoms in total. The van der Waals surface area contributed by atoms with Gasteiger partial charge in [0.25, 0.3) is 0 Å². The van der Waals surface area contributed by atoms with Crippen LogP contribution >= 0.6 is 0 Å². The quantitative estimate of drug-likeness (QED) is 0.372. The second kappa shape index (κ2) is 5.19. The topological polar surface area (TPSA) is 115 Å². The molecule has 64 valence electrons. The Labute approximate surface area is 74.5 Å². The van der Waals surface area contributed by atoms with Gasteiger partial charge in [0.15, 0.2) is 12.2 Å². The van der Waals surface area contributed by atoms with Gasteiger partial charge < -0.3 is 20.4 Å². The molecule has 0 aromatic rings. The van der Waals surface area contributed by atoms with E-state index >= 15 is 0 Å². The molecule has 0 saturated carbocycles. The molecule has 0 fully saturated rings. The fourth-order valence-electron chi connectivity index (χ4n) is 0.270. The summed E-state index contributed by atoms with van der Waals surface area (Å²) in [6.07, 6.45) is -4.53. The van der Waals surface area contributed by atoms with Crippen molar-refractivity contribution in [1.29, 1.82) is 0 Å². The predicted octanol–water partition coefficient (Wildman–Crippen LogP) is -3.31. The standard InChI is InChI=1S/C4H6O6.Ga.3H/c5-1(3(7)8)2(6)4(9)10;;;;/h1-2,5-6H,(H,7,8)(H,9,10);;;;. The van der Waals surface area contributed by atoms with Crippen LogP contribution in [-0.4, -0.2) is 64.4 Å². The van der Waals surface area contributed by atoms with Gasteiger partial charge in [-0.15, -0.1) is 0 Å². The van der Waals surface area contributed by atoms with Crippen molar-refractivity contribution < 1.29 is 30.0 Å². The number of aliphatic carboxylic acids is 2. The molecule has 0 amide bonds. The van der Waals surface area contributed by atoms with Crippen molar-refractivity contribution >= 4 is 31.7 Å². The first-order valence-electron chi connectivity index (χ1n) is 2.28. The maximum absolute atomic E-state index is 9.77. The molecule has 2 unspecified atom stereocenters. The second-order valence-electron chi connectivity index (χ2n) is 1.57. The van der Waals surface area contributed by atoms with Gasteiger partial charge in [-0.25, -0.2) is 9.59 Å². The molecule has 0 bridgehead atoms. The van der Waals surface area contributed by atoms with Crippen LogP contribution in [-0.2, 0) is 9.59 Å². The third kappa shape index (κ3) is 4.04. The summed E-state index contributed by atoms with van der Waals surface area (Å²) in [5.41, 5.74) is 0. The summed E-state index contributed by atoms with van der Waals surface area (Å²) in [6.45, 7) is 0. The van der Waals surface area contributed by atoms with Crippen LogP contribution in [0.25, 0.3) is 0 Å². The number of hydrogen-bond donors (Lipinski definition) is 4. The average Bonchev–Trinajstić information content (AvgIpc) is 1.84. The van der Waals surface area contributed by atoms with Crippen molar-refractivity contribution in [3.63, 3.8) is 0 Å². The Kier molecular flexibility index (Phi) is 6.18. The van der Waals surface area contributed by atoms with E-state index in [1.807, 2.05) is 0 Å². The molecule has 0 aromatic carbocycles. The van der Waals surface area contributed by atoms with Crippen molar-refractivity contribution in [2.45, 2.75) is 12.2 Å². The average molecular weight is 223 g/mol. The molecule has 0 aliphatic heterocycles. The van der Waals surface area contributed by atoms with Gasteiger partial charge in [-0.1, -0.05) is 0 Å². The summed E-state index contributed by atoms with van der Waals surface area (Å²) < 4.78 is 0. The number of aliphatic hydroxyl groups is 2. The predicted molar refractivity (Wildman–Crippen MR) is 37.2 cm³/mol. The molecule has 2 atom stereocenters. The normalized spacial score (nSPS) is 14.4. The molecule has 0 aliphatic carbocycles. The summed E-state index contributed by atoms with van der Waals surface area (Å²) >= 11 is 0. The summed E-state index contributed by atoms with van der Waals surface area (Å²) in [5, 5.41) is 32.5. The molecule has 7 heteroatoms. The zero-order valence-corrected chi connectivity index (χ0v) is 4.76. The Morgan fingerprint density at radius 1 is 0.909 bits per heavy atom. The van der Waals surface area contributed by atoms with Crippen LogP contribution in [0.5, 0.6) is 0 Å². The SMILES string of the molecule is O=C(O)C(O)C(O)C(=O)O.[GaH3]. The minimum absolute atomic E-state index is 0. The third-order valence-corrected chi connectivity index (χ3v) is 0.805. The Balaban J connectivity index is 0. The van der Waals surface area contributed by atoms with Crippen LogP contribution in [0.4, 0.5) is 0 Å². The van der Waals surface area contributed by atoms with Gasteiger partial charge in [0.05, 0.1) is 0 Å². The van der Waals surface area contributed by atoms with E-state index in [2.05, 4.69) is 0 Å². The van der Waals surface area contributed by atoms with Gasteiger partial charge in [-0.05, 0) is 0 Å². The number of hydrogen-bond acceptors (Lipinski definition) is 4. The van der Waals surface area contributed by atoms with Crippen molar-refractivity contribution in [3.05, 3.63) is 0 Å². The molecule has 11 heavy (non-hydrogen) atoms. The van der Waals surface area contributed by atoms with E-state index < -0.39 is 24.1 Å². The summed E-state index contributed by atoms with van der Waals surface area (Å²) in [7, 11) is 0. The second-order valence-corrected chi connectivity index (χ2v) is 1.57. The Hall–Kier alpha value is -0.504. The van der Waals surface area contributed by atoms with Crippen LogP contribution in [0.15, 0.2) is 0 Å². The fourth-order valence-corrected chi connectivity index (χ4v) is 0.270. The molecular formula is C4H9GaO6. The molecule has 0 saturated heterocycles. The Morgan fingerprint density at radius 2 is 1.09 bits per heavy atom. The van der Waals surface area contributed by atoms with Gasteiger partial charge in [-0.3, -0.25) is 0 Å². The molecule has 0 aliphatic rings. The Morgan fingerprint density at radius 3 is 1.18 bits per heavy atom. The van der Waals surface area contributed by atoms with Crippen molar-refractivity contribution in [2.75, 3.05) is 0 Å². The molecule has 0 aromatic heterocycles. The van der Waals surface area contributed by atoms with E-state index in [1.165, 1.54) is 0 Å². The first-order valence-corrected chi connectivity index (χ1v) is 2.28. The first-order chi connectivity index (χ1) is 4.46. The van der Waals surface area contributed by atoms with E-state index in [4.69, 9.17) is 20.4 Å². The number of carbonyl (C=O) groups is 2. The zero-order valence-electron chi connectivity index (χ0n) is 4.76. The third-order valence-electron chi connectivity index (χ3n) is 0.805. The van der Waals surface area contributed by atoms with Crippen molar-refractivity contribution in [3.8, 4) is 0 Å². The van der Waals surface area contributed by atoms with E-state index in [0.717, 1.165) is 0 Å². The van der Waals surface area contributed by atoms with Crippen LogP contribution in [0, 0.1) is 0 Å². The van der Waals surface area contributed by atoms with Crippen LogP contribution in [0.2, 0.25) is 0 Å². The number of rotatable bonds is 3. The number of carboxylic acid groups (broad SMARTS) is 2. The Bertz CT molecular complexity index is 139. The summed E-state index contributed by atoms with van der Waals surface area (Å²) in [5.74, 6) is -3.54. The van der Waals surface area contributed by atoms with Crippen LogP contribution < -0.4 is 0 Å². The van der Waals surface area contributed by atoms with Crippen LogP contribution in [0.1, 0.15) is 0 Å². The number of carboxylic acids is 2. The summed E-state index contributed by atoms with van der Waals surface area (Å²) in [4.78, 5) is 19.5. The first kappa shape index (κ1) is 13.1. The van der Waals surface area contributed by atoms with Gasteiger partial charge >= 0.3 is 31.7 Å². The van der Waals surface area contributed by atoms with Crippen molar-refractivity contribution in [2.24, 2.45) is 0 Å². The fraction of sp³-hybridized carbons (Fsp3) is 0.500. The minimum atomic E-state index is -2.27. The van der Waals surface area contributed by atoms with E-state index in [0.29, 0.717) is 0 Å². The molecule has 0 rings (SSSR count). The van der Waals surface area contributed by atoms with E-state index in [9.17, 15) is 9.59 Å². The van der Waals surface area contributed by atoms with E-state index in [-0.39, 0.29) is 19.8 Å². The van der Waals surface area contributed by atoms with Gasteiger partial charge in [-0.2, -0.15) is 0 Å². The monoisotopic (exact) mass is 222 g/mol. The maximum atomic E-state index is 9.77. The molecule has 0 heterocycles. The van der Waals surface area contributed by atoms with Crippen LogP contribution in [0.3, 0.4) is 0 Å². The molecule has 0 radical (unpaired) electrons. The van der Waals surface area contributed by atoms with Gasteiger partial charge in [0, 0.05) is 0 Å². The molecular weight excluding hydrogens is 214 g/mol. The number of aliphatic hydroxyl groups excluding tert-OH is 2. The molecule has 0 spiro atoms. The van der Waals surface area contributed by atoms with Gasteiger partial charge in [0.1, 0.15) is 0 Å².